The van der Waals surface area contributed by atoms with Crippen LogP contribution in [0.3, 0.4) is 0 Å². The van der Waals surface area contributed by atoms with Crippen molar-refractivity contribution in [2.45, 2.75) is 13.0 Å². The maximum Gasteiger partial charge on any atom is 0.317 e. The summed E-state index contributed by atoms with van der Waals surface area (Å²) in [6, 6.07) is 12.3. The van der Waals surface area contributed by atoms with Crippen molar-refractivity contribution in [2.24, 2.45) is 0 Å². The number of rotatable bonds is 7. The number of carbonyl (C=O) groups excluding carboxylic acids is 1. The summed E-state index contributed by atoms with van der Waals surface area (Å²) < 4.78 is 0. The minimum atomic E-state index is 0.0225. The van der Waals surface area contributed by atoms with Gasteiger partial charge in [-0.2, -0.15) is 0 Å². The summed E-state index contributed by atoms with van der Waals surface area (Å²) in [6.07, 6.45) is 4.43. The fourth-order valence-corrected chi connectivity index (χ4v) is 3.19. The molecule has 0 unspecified atom stereocenters. The van der Waals surface area contributed by atoms with Crippen molar-refractivity contribution in [2.75, 3.05) is 51.2 Å². The summed E-state index contributed by atoms with van der Waals surface area (Å²) >= 11 is 0. The van der Waals surface area contributed by atoms with Crippen molar-refractivity contribution in [3.05, 3.63) is 54.4 Å². The van der Waals surface area contributed by atoms with Crippen LogP contribution in [-0.4, -0.2) is 72.1 Å². The lowest BCUT2D eigenvalue weighted by Gasteiger charge is -2.34. The van der Waals surface area contributed by atoms with Crippen LogP contribution in [0.4, 0.5) is 10.7 Å². The highest BCUT2D eigenvalue weighted by molar-refractivity contribution is 5.74. The van der Waals surface area contributed by atoms with Crippen molar-refractivity contribution in [3.8, 4) is 0 Å². The van der Waals surface area contributed by atoms with Crippen LogP contribution in [0.2, 0.25) is 0 Å². The van der Waals surface area contributed by atoms with Gasteiger partial charge in [0.05, 0.1) is 0 Å². The van der Waals surface area contributed by atoms with Gasteiger partial charge in [-0.25, -0.2) is 14.8 Å². The van der Waals surface area contributed by atoms with E-state index in [2.05, 4.69) is 56.4 Å². The molecule has 2 aromatic rings. The molecule has 1 aromatic carbocycles. The van der Waals surface area contributed by atoms with E-state index in [1.54, 1.807) is 12.4 Å². The molecule has 0 bridgehead atoms. The van der Waals surface area contributed by atoms with Gasteiger partial charge in [0.2, 0.25) is 5.95 Å². The van der Waals surface area contributed by atoms with Crippen molar-refractivity contribution < 1.29 is 4.79 Å². The van der Waals surface area contributed by atoms with Gasteiger partial charge < -0.3 is 20.0 Å². The minimum absolute atomic E-state index is 0.0225. The van der Waals surface area contributed by atoms with Gasteiger partial charge >= 0.3 is 6.03 Å². The van der Waals surface area contributed by atoms with E-state index in [0.29, 0.717) is 19.6 Å². The lowest BCUT2D eigenvalue weighted by Crippen LogP contribution is -2.52. The molecule has 1 aromatic heterocycles. The number of piperazine rings is 1. The molecule has 0 atom stereocenters. The van der Waals surface area contributed by atoms with Crippen molar-refractivity contribution in [1.29, 1.82) is 0 Å². The highest BCUT2D eigenvalue weighted by Crippen LogP contribution is 2.09. The van der Waals surface area contributed by atoms with Crippen LogP contribution in [0.1, 0.15) is 12.0 Å². The number of nitrogens with one attached hydrogen (secondary N) is 1. The van der Waals surface area contributed by atoms with E-state index in [4.69, 9.17) is 0 Å². The molecule has 0 spiro atoms. The Kier molecular flexibility index (Phi) is 6.98. The second-order valence-corrected chi connectivity index (χ2v) is 6.83. The zero-order valence-corrected chi connectivity index (χ0v) is 15.9. The molecule has 2 heterocycles. The highest BCUT2D eigenvalue weighted by Gasteiger charge is 2.22. The molecule has 1 fully saturated rings. The molecule has 0 saturated carbocycles. The number of hydrogen-bond acceptors (Lipinski definition) is 5. The minimum Gasteiger partial charge on any atom is -0.338 e. The Morgan fingerprint density at radius 3 is 2.48 bits per heavy atom. The monoisotopic (exact) mass is 368 g/mol. The van der Waals surface area contributed by atoms with E-state index in [1.807, 2.05) is 17.0 Å². The van der Waals surface area contributed by atoms with Gasteiger partial charge in [0.1, 0.15) is 0 Å². The first-order valence-corrected chi connectivity index (χ1v) is 9.49. The summed E-state index contributed by atoms with van der Waals surface area (Å²) in [6.45, 7) is 5.48. The fraction of sp³-hybridized carbons (Fsp3) is 0.450. The van der Waals surface area contributed by atoms with Gasteiger partial charge in [-0.15, -0.1) is 0 Å². The van der Waals surface area contributed by atoms with Crippen molar-refractivity contribution in [3.63, 3.8) is 0 Å². The Morgan fingerprint density at radius 2 is 1.78 bits per heavy atom. The number of urea groups is 1. The highest BCUT2D eigenvalue weighted by atomic mass is 16.2. The van der Waals surface area contributed by atoms with Crippen molar-refractivity contribution >= 4 is 12.0 Å². The Morgan fingerprint density at radius 1 is 1.07 bits per heavy atom. The third-order valence-electron chi connectivity index (χ3n) is 4.69. The van der Waals surface area contributed by atoms with E-state index in [0.717, 1.165) is 38.5 Å². The molecule has 1 N–H and O–H groups in total. The third kappa shape index (κ3) is 5.92. The van der Waals surface area contributed by atoms with Gasteiger partial charge in [-0.05, 0) is 31.6 Å². The number of anilines is 1. The summed E-state index contributed by atoms with van der Waals surface area (Å²) in [5.74, 6) is 0.735. The van der Waals surface area contributed by atoms with E-state index >= 15 is 0 Å². The molecule has 0 radical (unpaired) electrons. The SMILES string of the molecule is CN(CCCNC(=O)N1CCN(c2ncccn2)CC1)Cc1ccccc1. The molecule has 27 heavy (non-hydrogen) atoms. The second-order valence-electron chi connectivity index (χ2n) is 6.83. The maximum atomic E-state index is 12.3. The molecule has 0 aliphatic carbocycles. The van der Waals surface area contributed by atoms with E-state index in [9.17, 15) is 4.79 Å². The summed E-state index contributed by atoms with van der Waals surface area (Å²) in [7, 11) is 2.11. The fourth-order valence-electron chi connectivity index (χ4n) is 3.19. The molecular formula is C20H28N6O. The molecule has 1 aliphatic rings. The predicted octanol–water partition coefficient (Wildman–Crippen LogP) is 1.83. The maximum absolute atomic E-state index is 12.3. The molecule has 3 rings (SSSR count). The number of aromatic nitrogens is 2. The Bertz CT molecular complexity index is 688. The summed E-state index contributed by atoms with van der Waals surface area (Å²) in [5.41, 5.74) is 1.31. The van der Waals surface area contributed by atoms with Gasteiger partial charge in [0, 0.05) is 51.7 Å². The molecule has 7 nitrogen and oxygen atoms in total. The van der Waals surface area contributed by atoms with Crippen LogP contribution >= 0.6 is 0 Å². The average molecular weight is 368 g/mol. The van der Waals surface area contributed by atoms with Gasteiger partial charge in [0.15, 0.2) is 0 Å². The number of amides is 2. The van der Waals surface area contributed by atoms with Crippen LogP contribution < -0.4 is 10.2 Å². The standard InChI is InChI=1S/C20H28N6O/c1-24(17-18-7-3-2-4-8-18)12-6-11-23-20(27)26-15-13-25(14-16-26)19-21-9-5-10-22-19/h2-5,7-10H,6,11-17H2,1H3,(H,23,27). The summed E-state index contributed by atoms with van der Waals surface area (Å²) in [5, 5.41) is 3.04. The van der Waals surface area contributed by atoms with Crippen molar-refractivity contribution in [1.82, 2.24) is 25.1 Å². The first-order valence-electron chi connectivity index (χ1n) is 9.49. The lowest BCUT2D eigenvalue weighted by atomic mass is 10.2. The Balaban J connectivity index is 1.31. The predicted molar refractivity (Wildman–Crippen MR) is 107 cm³/mol. The third-order valence-corrected chi connectivity index (χ3v) is 4.69. The van der Waals surface area contributed by atoms with Crippen LogP contribution in [0, 0.1) is 0 Å². The topological polar surface area (TPSA) is 64.6 Å². The molecule has 1 aliphatic heterocycles. The van der Waals surface area contributed by atoms with Crippen LogP contribution in [0.5, 0.6) is 0 Å². The lowest BCUT2D eigenvalue weighted by molar-refractivity contribution is 0.193. The van der Waals surface area contributed by atoms with Gasteiger partial charge in [-0.1, -0.05) is 30.3 Å². The first-order chi connectivity index (χ1) is 13.2. The number of hydrogen-bond donors (Lipinski definition) is 1. The Labute approximate surface area is 161 Å². The second kappa shape index (κ2) is 9.87. The molecule has 1 saturated heterocycles. The van der Waals surface area contributed by atoms with Crippen LogP contribution in [0.15, 0.2) is 48.8 Å². The zero-order valence-electron chi connectivity index (χ0n) is 15.9. The van der Waals surface area contributed by atoms with Gasteiger partial charge in [0.25, 0.3) is 0 Å². The smallest absolute Gasteiger partial charge is 0.317 e. The van der Waals surface area contributed by atoms with Crippen LogP contribution in [-0.2, 0) is 6.54 Å². The van der Waals surface area contributed by atoms with Crippen LogP contribution in [0.25, 0.3) is 0 Å². The number of nitrogens with zero attached hydrogens (tertiary/aromatic N) is 5. The number of carbonyl (C=O) groups is 1. The normalized spacial score (nSPS) is 14.4. The van der Waals surface area contributed by atoms with E-state index in [-0.39, 0.29) is 6.03 Å². The molecular weight excluding hydrogens is 340 g/mol. The Hall–Kier alpha value is -2.67. The largest absolute Gasteiger partial charge is 0.338 e. The molecule has 7 heteroatoms. The number of benzene rings is 1. The average Bonchev–Trinajstić information content (AvgIpc) is 2.72. The summed E-state index contributed by atoms with van der Waals surface area (Å²) in [4.78, 5) is 27.1. The molecule has 144 valence electrons. The van der Waals surface area contributed by atoms with E-state index < -0.39 is 0 Å². The van der Waals surface area contributed by atoms with E-state index in [1.165, 1.54) is 5.56 Å². The zero-order chi connectivity index (χ0) is 18.9. The quantitative estimate of drug-likeness (QED) is 0.756. The first kappa shape index (κ1) is 19.1. The molecule has 2 amide bonds. The van der Waals surface area contributed by atoms with Gasteiger partial charge in [-0.3, -0.25) is 0 Å².